The fourth-order valence-electron chi connectivity index (χ4n) is 4.40. The summed E-state index contributed by atoms with van der Waals surface area (Å²) in [4.78, 5) is 30.6. The molecule has 0 bridgehead atoms. The summed E-state index contributed by atoms with van der Waals surface area (Å²) in [5.74, 6) is -0.0603. The number of carbonyl (C=O) groups is 1. The highest BCUT2D eigenvalue weighted by atomic mass is 17.0. The van der Waals surface area contributed by atoms with Gasteiger partial charge >= 0.3 is 0 Å². The van der Waals surface area contributed by atoms with Gasteiger partial charge in [0.15, 0.2) is 6.23 Å². The third-order valence-corrected chi connectivity index (χ3v) is 6.28. The van der Waals surface area contributed by atoms with E-state index in [1.54, 1.807) is 18.3 Å². The lowest BCUT2D eigenvalue weighted by atomic mass is 10.1. The van der Waals surface area contributed by atoms with Crippen LogP contribution in [0.2, 0.25) is 0 Å². The monoisotopic (exact) mass is 483 g/mol. The van der Waals surface area contributed by atoms with Gasteiger partial charge in [0, 0.05) is 64.3 Å². The highest BCUT2D eigenvalue weighted by Gasteiger charge is 2.41. The van der Waals surface area contributed by atoms with E-state index >= 15 is 0 Å². The van der Waals surface area contributed by atoms with Crippen molar-refractivity contribution >= 4 is 5.91 Å². The summed E-state index contributed by atoms with van der Waals surface area (Å²) in [5.41, 5.74) is 9.20. The van der Waals surface area contributed by atoms with E-state index in [4.69, 9.17) is 9.78 Å². The summed E-state index contributed by atoms with van der Waals surface area (Å²) in [6, 6.07) is 11.5. The summed E-state index contributed by atoms with van der Waals surface area (Å²) in [6.07, 6.45) is 2.69. The molecule has 2 aromatic rings. The number of piperazine rings is 1. The third-order valence-electron chi connectivity index (χ3n) is 6.28. The molecular formula is C23H33N9O3. The topological polar surface area (TPSA) is 118 Å². The highest BCUT2D eigenvalue weighted by Crippen LogP contribution is 2.23. The van der Waals surface area contributed by atoms with Gasteiger partial charge < -0.3 is 10.6 Å². The molecule has 3 atom stereocenters. The normalized spacial score (nSPS) is 26.3. The van der Waals surface area contributed by atoms with Crippen molar-refractivity contribution in [2.45, 2.75) is 25.1 Å². The number of hydroxylamine groups is 4. The van der Waals surface area contributed by atoms with E-state index in [0.29, 0.717) is 18.7 Å². The Bertz CT molecular complexity index is 958. The number of benzene rings is 1. The lowest BCUT2D eigenvalue weighted by Gasteiger charge is -2.47. The average molecular weight is 484 g/mol. The number of carbonyl (C=O) groups excluding carboxylic acids is 1. The molecule has 3 aliphatic heterocycles. The van der Waals surface area contributed by atoms with Crippen LogP contribution in [0.15, 0.2) is 48.8 Å². The zero-order valence-corrected chi connectivity index (χ0v) is 19.8. The molecule has 5 N–H and O–H groups in total. The van der Waals surface area contributed by atoms with Crippen LogP contribution in [0.4, 0.5) is 0 Å². The van der Waals surface area contributed by atoms with Crippen LogP contribution in [0.25, 0.3) is 0 Å². The smallest absolute Gasteiger partial charge is 0.251 e. The summed E-state index contributed by atoms with van der Waals surface area (Å²) < 4.78 is 0. The van der Waals surface area contributed by atoms with Gasteiger partial charge in [-0.1, -0.05) is 18.2 Å². The van der Waals surface area contributed by atoms with Crippen LogP contribution in [0.5, 0.6) is 0 Å². The standard InChI is InChI=1S/C23H33N9O3/c1-30-34-23-21(32(35-30)16-17-3-2-8-25-15-17)29-28-20(27-23)18-4-6-19(7-5-18)22(33)26-11-14-31-12-9-24-10-13-31/h2-8,15,20-21,23-24,27-29H,9-14,16H2,1H3,(H,26,33). The van der Waals surface area contributed by atoms with Crippen LogP contribution in [0, 0.1) is 0 Å². The number of hydrogen-bond acceptors (Lipinski definition) is 11. The van der Waals surface area contributed by atoms with Gasteiger partial charge in [-0.15, -0.1) is 5.06 Å². The summed E-state index contributed by atoms with van der Waals surface area (Å²) in [5, 5.41) is 12.9. The average Bonchev–Trinajstić information content (AvgIpc) is 2.89. The molecule has 5 rings (SSSR count). The number of nitrogens with zero attached hydrogens (tertiary/aromatic N) is 4. The van der Waals surface area contributed by atoms with E-state index in [1.807, 2.05) is 42.6 Å². The first-order valence-corrected chi connectivity index (χ1v) is 12.0. The first kappa shape index (κ1) is 24.2. The molecule has 3 fully saturated rings. The van der Waals surface area contributed by atoms with Gasteiger partial charge in [-0.05, 0) is 34.6 Å². The molecule has 1 aromatic heterocycles. The maximum Gasteiger partial charge on any atom is 0.251 e. The van der Waals surface area contributed by atoms with E-state index in [0.717, 1.165) is 43.9 Å². The zero-order chi connectivity index (χ0) is 24.0. The van der Waals surface area contributed by atoms with E-state index in [2.05, 4.69) is 36.7 Å². The predicted molar refractivity (Wildman–Crippen MR) is 128 cm³/mol. The molecule has 0 aliphatic carbocycles. The second-order valence-electron chi connectivity index (χ2n) is 8.79. The molecule has 1 aromatic carbocycles. The number of amides is 1. The Balaban J connectivity index is 1.14. The minimum Gasteiger partial charge on any atom is -0.351 e. The van der Waals surface area contributed by atoms with Crippen LogP contribution in [-0.2, 0) is 16.3 Å². The lowest BCUT2D eigenvalue weighted by molar-refractivity contribution is -0.520. The van der Waals surface area contributed by atoms with Gasteiger partial charge in [0.25, 0.3) is 5.91 Å². The van der Waals surface area contributed by atoms with Crippen molar-refractivity contribution in [2.24, 2.45) is 0 Å². The van der Waals surface area contributed by atoms with Crippen LogP contribution in [0.1, 0.15) is 27.7 Å². The van der Waals surface area contributed by atoms with Crippen molar-refractivity contribution in [2.75, 3.05) is 46.3 Å². The zero-order valence-electron chi connectivity index (χ0n) is 19.8. The van der Waals surface area contributed by atoms with Gasteiger partial charge in [-0.25, -0.2) is 10.9 Å². The number of fused-ring (bicyclic) bond motifs is 1. The first-order chi connectivity index (χ1) is 17.2. The van der Waals surface area contributed by atoms with Crippen molar-refractivity contribution in [3.63, 3.8) is 0 Å². The molecule has 3 aliphatic rings. The summed E-state index contributed by atoms with van der Waals surface area (Å²) >= 11 is 0. The van der Waals surface area contributed by atoms with Crippen molar-refractivity contribution < 1.29 is 14.6 Å². The minimum atomic E-state index is -0.371. The molecule has 3 unspecified atom stereocenters. The molecule has 12 heteroatoms. The van der Waals surface area contributed by atoms with Crippen LogP contribution in [-0.4, -0.2) is 84.8 Å². The largest absolute Gasteiger partial charge is 0.351 e. The predicted octanol–water partition coefficient (Wildman–Crippen LogP) is -0.709. The number of hydrogen-bond donors (Lipinski definition) is 5. The fraction of sp³-hybridized carbons (Fsp3) is 0.478. The van der Waals surface area contributed by atoms with Crippen molar-refractivity contribution in [3.05, 3.63) is 65.5 Å². The quantitative estimate of drug-likeness (QED) is 0.344. The molecule has 0 radical (unpaired) electrons. The second kappa shape index (κ2) is 11.5. The van der Waals surface area contributed by atoms with Gasteiger partial charge in [-0.3, -0.25) is 24.8 Å². The Hall–Kier alpha value is -2.52. The first-order valence-electron chi connectivity index (χ1n) is 12.0. The Labute approximate surface area is 204 Å². The number of hydrazine groups is 1. The number of aromatic nitrogens is 1. The maximum atomic E-state index is 12.5. The van der Waals surface area contributed by atoms with Gasteiger partial charge in [0.05, 0.1) is 12.7 Å². The maximum absolute atomic E-state index is 12.5. The highest BCUT2D eigenvalue weighted by molar-refractivity contribution is 5.94. The third kappa shape index (κ3) is 6.19. The molecule has 4 heterocycles. The molecule has 1 amide bonds. The Morgan fingerprint density at radius 1 is 1.17 bits per heavy atom. The molecule has 0 saturated carbocycles. The summed E-state index contributed by atoms with van der Waals surface area (Å²) in [7, 11) is 1.71. The Morgan fingerprint density at radius 3 is 2.77 bits per heavy atom. The SMILES string of the molecule is CN1OC2NC(c3ccc(C(=O)NCCN4CCNCC4)cc3)NNC2N(Cc2cccnc2)O1. The van der Waals surface area contributed by atoms with E-state index in [9.17, 15) is 4.79 Å². The van der Waals surface area contributed by atoms with E-state index < -0.39 is 0 Å². The molecular weight excluding hydrogens is 450 g/mol. The molecule has 35 heavy (non-hydrogen) atoms. The number of rotatable bonds is 7. The summed E-state index contributed by atoms with van der Waals surface area (Å²) in [6.45, 7) is 6.09. The molecule has 0 spiro atoms. The number of pyridine rings is 1. The van der Waals surface area contributed by atoms with Gasteiger partial charge in [0.2, 0.25) is 0 Å². The Morgan fingerprint density at radius 2 is 2.00 bits per heavy atom. The van der Waals surface area contributed by atoms with Crippen LogP contribution < -0.4 is 26.8 Å². The Kier molecular flexibility index (Phi) is 7.93. The minimum absolute atomic E-state index is 0.0603. The fourth-order valence-corrected chi connectivity index (χ4v) is 4.40. The van der Waals surface area contributed by atoms with Crippen molar-refractivity contribution in [3.8, 4) is 0 Å². The van der Waals surface area contributed by atoms with Crippen LogP contribution >= 0.6 is 0 Å². The second-order valence-corrected chi connectivity index (χ2v) is 8.79. The van der Waals surface area contributed by atoms with E-state index in [-0.39, 0.29) is 24.5 Å². The lowest BCUT2D eigenvalue weighted by Crippen LogP contribution is -2.72. The van der Waals surface area contributed by atoms with Gasteiger partial charge in [0.1, 0.15) is 6.17 Å². The molecule has 188 valence electrons. The van der Waals surface area contributed by atoms with E-state index in [1.165, 1.54) is 5.23 Å². The molecule has 12 nitrogen and oxygen atoms in total. The van der Waals surface area contributed by atoms with Gasteiger partial charge in [-0.2, -0.15) is 4.94 Å². The van der Waals surface area contributed by atoms with Crippen LogP contribution in [0.3, 0.4) is 0 Å². The molecule has 3 saturated heterocycles. The van der Waals surface area contributed by atoms with Crippen molar-refractivity contribution in [1.29, 1.82) is 0 Å². The van der Waals surface area contributed by atoms with Crippen molar-refractivity contribution in [1.82, 2.24) is 47.0 Å². The number of nitrogens with one attached hydrogen (secondary N) is 5.